The molecule has 0 saturated carbocycles. The molecule has 13 nitrogen and oxygen atoms in total. The van der Waals surface area contributed by atoms with Crippen LogP contribution < -0.4 is 21.8 Å². The lowest BCUT2D eigenvalue weighted by atomic mass is 10.00. The molecule has 3 rings (SSSR count). The lowest BCUT2D eigenvalue weighted by Gasteiger charge is -2.27. The van der Waals surface area contributed by atoms with Gasteiger partial charge in [0.15, 0.2) is 0 Å². The van der Waals surface area contributed by atoms with Crippen LogP contribution in [-0.2, 0) is 9.63 Å². The van der Waals surface area contributed by atoms with Crippen LogP contribution >= 0.6 is 11.8 Å². The number of hydrogen-bond donors (Lipinski definition) is 3. The van der Waals surface area contributed by atoms with Gasteiger partial charge in [0.25, 0.3) is 11.4 Å². The van der Waals surface area contributed by atoms with E-state index >= 15 is 0 Å². The summed E-state index contributed by atoms with van der Waals surface area (Å²) in [6, 6.07) is 1.28. The summed E-state index contributed by atoms with van der Waals surface area (Å²) in [6.45, 7) is 0. The fraction of sp³-hybridized carbons (Fsp3) is 0.500. The van der Waals surface area contributed by atoms with Gasteiger partial charge in [-0.05, 0) is 18.9 Å². The van der Waals surface area contributed by atoms with Gasteiger partial charge in [-0.15, -0.1) is 0 Å². The second-order valence-electron chi connectivity index (χ2n) is 6.95. The maximum Gasteiger partial charge on any atom is 0.341 e. The normalized spacial score (nSPS) is 23.6. The van der Waals surface area contributed by atoms with E-state index in [0.717, 1.165) is 12.1 Å². The van der Waals surface area contributed by atoms with Crippen molar-refractivity contribution >= 4 is 40.8 Å². The minimum absolute atomic E-state index is 0.00603. The third kappa shape index (κ3) is 4.15. The molecule has 2 saturated heterocycles. The fourth-order valence-corrected chi connectivity index (χ4v) is 5.34. The third-order valence-corrected chi connectivity index (χ3v) is 6.65. The fourth-order valence-electron chi connectivity index (χ4n) is 3.76. The Balaban J connectivity index is 1.81. The third-order valence-electron chi connectivity index (χ3n) is 5.16. The number of benzene rings is 1. The van der Waals surface area contributed by atoms with Crippen molar-refractivity contribution in [3.8, 4) is 0 Å². The Bertz CT molecular complexity index is 884. The van der Waals surface area contributed by atoms with Crippen molar-refractivity contribution < 1.29 is 24.3 Å². The molecule has 1 unspecified atom stereocenters. The molecular formula is C16H20N6O7S. The van der Waals surface area contributed by atoms with E-state index in [1.54, 1.807) is 11.8 Å². The summed E-state index contributed by atoms with van der Waals surface area (Å²) in [5.41, 5.74) is 4.75. The molecule has 2 aliphatic heterocycles. The molecule has 14 heteroatoms. The molecule has 0 radical (unpaired) electrons. The predicted octanol–water partition coefficient (Wildman–Crippen LogP) is 0.800. The number of anilines is 1. The number of carbonyl (C=O) groups excluding carboxylic acids is 2. The largest absolute Gasteiger partial charge is 0.372 e. The lowest BCUT2D eigenvalue weighted by molar-refractivity contribution is -0.393. The zero-order valence-corrected chi connectivity index (χ0v) is 16.4. The Kier molecular flexibility index (Phi) is 6.38. The lowest BCUT2D eigenvalue weighted by Crippen LogP contribution is -2.41. The molecule has 162 valence electrons. The number of fused-ring (bicyclic) bond motifs is 1. The number of nitrogens with one attached hydrogen (secondary N) is 1. The minimum Gasteiger partial charge on any atom is -0.372 e. The van der Waals surface area contributed by atoms with Crippen molar-refractivity contribution in [3.63, 3.8) is 0 Å². The Morgan fingerprint density at radius 2 is 2.10 bits per heavy atom. The first-order chi connectivity index (χ1) is 14.2. The van der Waals surface area contributed by atoms with Crippen molar-refractivity contribution in [3.05, 3.63) is 38.4 Å². The molecule has 4 atom stereocenters. The molecule has 1 aromatic rings. The average Bonchev–Trinajstić information content (AvgIpc) is 3.24. The number of thioether (sulfide) groups is 1. The first-order valence-electron chi connectivity index (χ1n) is 9.05. The van der Waals surface area contributed by atoms with E-state index in [1.807, 2.05) is 0 Å². The highest BCUT2D eigenvalue weighted by Crippen LogP contribution is 2.43. The van der Waals surface area contributed by atoms with E-state index in [9.17, 15) is 29.8 Å². The molecule has 2 fully saturated rings. The highest BCUT2D eigenvalue weighted by molar-refractivity contribution is 8.00. The first-order valence-corrected chi connectivity index (χ1v) is 10.1. The maximum absolute atomic E-state index is 12.6. The summed E-state index contributed by atoms with van der Waals surface area (Å²) in [7, 11) is 0. The molecular weight excluding hydrogens is 420 g/mol. The second-order valence-corrected chi connectivity index (χ2v) is 8.22. The van der Waals surface area contributed by atoms with Crippen LogP contribution in [-0.4, -0.2) is 51.0 Å². The van der Waals surface area contributed by atoms with Crippen molar-refractivity contribution in [2.75, 3.05) is 10.7 Å². The minimum atomic E-state index is -0.854. The molecule has 2 heterocycles. The highest BCUT2D eigenvalue weighted by Gasteiger charge is 2.50. The molecule has 0 bridgehead atoms. The number of nitro groups is 2. The molecule has 0 spiro atoms. The number of amides is 2. The predicted molar refractivity (Wildman–Crippen MR) is 107 cm³/mol. The van der Waals surface area contributed by atoms with Crippen molar-refractivity contribution in [2.24, 2.45) is 11.6 Å². The molecule has 5 N–H and O–H groups in total. The number of hydrogen-bond acceptors (Lipinski definition) is 10. The van der Waals surface area contributed by atoms with Crippen molar-refractivity contribution in [2.45, 2.75) is 42.6 Å². The van der Waals surface area contributed by atoms with Crippen LogP contribution in [0.4, 0.5) is 21.9 Å². The highest BCUT2D eigenvalue weighted by atomic mass is 32.2. The van der Waals surface area contributed by atoms with Gasteiger partial charge < -0.3 is 15.9 Å². The zero-order valence-electron chi connectivity index (χ0n) is 15.6. The molecule has 2 amide bonds. The Morgan fingerprint density at radius 3 is 2.73 bits per heavy atom. The standard InChI is InChI=1S/C16H20N6O7S/c17-9(15(23)29-18)2-1-3-13-14-10(7-30-13)19-16(24)20(14)11-5-4-8(21(25)26)6-12(11)22(27)28/h4-6,9-10,13-14H,1-3,7,17-18H2,(H,19,24)/t9?,10-,13-,14-/m0/s1. The van der Waals surface area contributed by atoms with E-state index in [4.69, 9.17) is 11.6 Å². The van der Waals surface area contributed by atoms with Crippen LogP contribution in [0.2, 0.25) is 0 Å². The van der Waals surface area contributed by atoms with Gasteiger partial charge in [0.05, 0.1) is 28.0 Å². The summed E-state index contributed by atoms with van der Waals surface area (Å²) < 4.78 is 0. The van der Waals surface area contributed by atoms with Gasteiger partial charge in [-0.1, -0.05) is 6.42 Å². The average molecular weight is 440 g/mol. The first kappa shape index (κ1) is 21.7. The van der Waals surface area contributed by atoms with Crippen molar-refractivity contribution in [1.29, 1.82) is 0 Å². The van der Waals surface area contributed by atoms with E-state index in [0.29, 0.717) is 25.0 Å². The number of nitrogens with zero attached hydrogens (tertiary/aromatic N) is 3. The summed E-state index contributed by atoms with van der Waals surface area (Å²) in [5, 5.41) is 25.3. The molecule has 2 aliphatic rings. The topological polar surface area (TPSA) is 197 Å². The van der Waals surface area contributed by atoms with E-state index < -0.39 is 39.3 Å². The van der Waals surface area contributed by atoms with Gasteiger partial charge in [0, 0.05) is 17.1 Å². The SMILES string of the molecule is NOC(=O)C(N)CCC[C@@H]1SC[C@@H]2NC(=O)N(c3ccc([N+](=O)[O-])cc3[N+](=O)[O-])[C@@H]21. The Hall–Kier alpha value is -2.97. The van der Waals surface area contributed by atoms with Crippen LogP contribution in [0.15, 0.2) is 18.2 Å². The summed E-state index contributed by atoms with van der Waals surface area (Å²) >= 11 is 1.61. The van der Waals surface area contributed by atoms with Crippen LogP contribution in [0.5, 0.6) is 0 Å². The van der Waals surface area contributed by atoms with E-state index in [1.165, 1.54) is 11.0 Å². The Labute approximate surface area is 174 Å². The summed E-state index contributed by atoms with van der Waals surface area (Å²) in [5.74, 6) is 4.72. The number of non-ortho nitro benzene ring substituents is 1. The number of carbonyl (C=O) groups is 2. The van der Waals surface area contributed by atoms with Crippen LogP contribution in [0.25, 0.3) is 0 Å². The number of nitrogens with two attached hydrogens (primary N) is 2. The van der Waals surface area contributed by atoms with Gasteiger partial charge in [-0.2, -0.15) is 17.7 Å². The van der Waals surface area contributed by atoms with Gasteiger partial charge in [0.1, 0.15) is 11.7 Å². The van der Waals surface area contributed by atoms with Gasteiger partial charge in [-0.3, -0.25) is 25.1 Å². The maximum atomic E-state index is 12.6. The van der Waals surface area contributed by atoms with Gasteiger partial charge in [-0.25, -0.2) is 9.59 Å². The number of urea groups is 1. The van der Waals surface area contributed by atoms with Crippen molar-refractivity contribution in [1.82, 2.24) is 5.32 Å². The number of rotatable bonds is 8. The monoisotopic (exact) mass is 440 g/mol. The molecule has 0 aliphatic carbocycles. The van der Waals surface area contributed by atoms with Crippen LogP contribution in [0.3, 0.4) is 0 Å². The Morgan fingerprint density at radius 1 is 1.37 bits per heavy atom. The second kappa shape index (κ2) is 8.81. The molecule has 0 aromatic heterocycles. The van der Waals surface area contributed by atoms with Crippen LogP contribution in [0, 0.1) is 20.2 Å². The zero-order chi connectivity index (χ0) is 22.0. The summed E-state index contributed by atoms with van der Waals surface area (Å²) in [6.07, 6.45) is 1.49. The quantitative estimate of drug-likeness (QED) is 0.295. The number of nitro benzene ring substituents is 2. The molecule has 1 aromatic carbocycles. The molecule has 30 heavy (non-hydrogen) atoms. The van der Waals surface area contributed by atoms with Gasteiger partial charge in [0.2, 0.25) is 0 Å². The van der Waals surface area contributed by atoms with E-state index in [2.05, 4.69) is 10.2 Å². The van der Waals surface area contributed by atoms with Gasteiger partial charge >= 0.3 is 12.0 Å². The van der Waals surface area contributed by atoms with Crippen LogP contribution in [0.1, 0.15) is 19.3 Å². The van der Waals surface area contributed by atoms with E-state index in [-0.39, 0.29) is 23.0 Å². The summed E-state index contributed by atoms with van der Waals surface area (Å²) in [4.78, 5) is 50.4. The smallest absolute Gasteiger partial charge is 0.341 e.